The van der Waals surface area contributed by atoms with Gasteiger partial charge in [-0.25, -0.2) is 0 Å². The fourth-order valence-corrected chi connectivity index (χ4v) is 6.50. The smallest absolute Gasteiger partial charge is 0.00235 e. The Bertz CT molecular complexity index is 101. The number of hydrogen-bond donors (Lipinski definition) is 0. The fraction of sp³-hybridized carbons (Fsp3) is 1.00. The van der Waals surface area contributed by atoms with Crippen molar-refractivity contribution in [1.29, 1.82) is 0 Å². The summed E-state index contributed by atoms with van der Waals surface area (Å²) in [5.41, 5.74) is 0. The summed E-state index contributed by atoms with van der Waals surface area (Å²) < 4.78 is 0. The van der Waals surface area contributed by atoms with Crippen LogP contribution in [0.4, 0.5) is 0 Å². The van der Waals surface area contributed by atoms with Gasteiger partial charge < -0.3 is 0 Å². The Morgan fingerprint density at radius 1 is 0.250 bits per heavy atom. The van der Waals surface area contributed by atoms with Crippen molar-refractivity contribution in [3.8, 4) is 0 Å². The Hall–Kier alpha value is 1.40. The number of thioether (sulfide) groups is 4. The van der Waals surface area contributed by atoms with Crippen molar-refractivity contribution in [2.45, 2.75) is 51.4 Å². The van der Waals surface area contributed by atoms with Crippen LogP contribution in [0.15, 0.2) is 0 Å². The molecule has 1 saturated heterocycles. The highest BCUT2D eigenvalue weighted by molar-refractivity contribution is 8.03. The normalized spacial score (nSPS) is 24.0. The summed E-state index contributed by atoms with van der Waals surface area (Å²) in [7, 11) is 0. The molecule has 0 aromatic heterocycles. The molecule has 1 fully saturated rings. The van der Waals surface area contributed by atoms with Crippen LogP contribution in [0.1, 0.15) is 51.4 Å². The van der Waals surface area contributed by atoms with E-state index < -0.39 is 0 Å². The van der Waals surface area contributed by atoms with Crippen molar-refractivity contribution in [2.75, 3.05) is 46.0 Å². The van der Waals surface area contributed by atoms with Gasteiger partial charge in [-0.15, -0.1) is 0 Å². The second-order valence-corrected chi connectivity index (χ2v) is 10.2. The van der Waals surface area contributed by atoms with Crippen LogP contribution in [-0.4, -0.2) is 46.0 Å². The highest BCUT2D eigenvalue weighted by Crippen LogP contribution is 2.16. The zero-order valence-electron chi connectivity index (χ0n) is 12.9. The largest absolute Gasteiger partial charge is 0.161 e. The summed E-state index contributed by atoms with van der Waals surface area (Å²) >= 11 is 8.70. The van der Waals surface area contributed by atoms with Crippen molar-refractivity contribution >= 4 is 47.0 Å². The zero-order valence-corrected chi connectivity index (χ0v) is 16.2. The molecule has 0 aliphatic carbocycles. The van der Waals surface area contributed by atoms with Crippen molar-refractivity contribution in [1.82, 2.24) is 0 Å². The SMILES string of the molecule is C1CCCSCCSCCCCCCSCCSCC1. The van der Waals surface area contributed by atoms with E-state index in [0.717, 1.165) is 0 Å². The predicted octanol–water partition coefficient (Wildman–Crippen LogP) is 6.05. The van der Waals surface area contributed by atoms with Gasteiger partial charge in [0.15, 0.2) is 0 Å². The molecular weight excluding hydrogens is 320 g/mol. The van der Waals surface area contributed by atoms with Gasteiger partial charge in [0.05, 0.1) is 0 Å². The van der Waals surface area contributed by atoms with E-state index in [1.54, 1.807) is 0 Å². The Balaban J connectivity index is 2.00. The van der Waals surface area contributed by atoms with E-state index in [1.165, 1.54) is 97.4 Å². The molecule has 20 heavy (non-hydrogen) atoms. The molecule has 0 unspecified atom stereocenters. The van der Waals surface area contributed by atoms with Gasteiger partial charge in [0, 0.05) is 23.0 Å². The lowest BCUT2D eigenvalue weighted by atomic mass is 10.2. The van der Waals surface area contributed by atoms with Crippen molar-refractivity contribution in [3.63, 3.8) is 0 Å². The van der Waals surface area contributed by atoms with Crippen molar-refractivity contribution < 1.29 is 0 Å². The second kappa shape index (κ2) is 16.8. The molecule has 1 aliphatic heterocycles. The molecule has 1 aliphatic rings. The summed E-state index contributed by atoms with van der Waals surface area (Å²) in [4.78, 5) is 0. The Labute approximate surface area is 144 Å². The van der Waals surface area contributed by atoms with Gasteiger partial charge in [0.2, 0.25) is 0 Å². The van der Waals surface area contributed by atoms with E-state index in [0.29, 0.717) is 0 Å². The summed E-state index contributed by atoms with van der Waals surface area (Å²) in [6, 6.07) is 0. The van der Waals surface area contributed by atoms with Gasteiger partial charge in [0.1, 0.15) is 0 Å². The third-order valence-corrected chi connectivity index (χ3v) is 8.20. The van der Waals surface area contributed by atoms with Gasteiger partial charge in [-0.2, -0.15) is 47.0 Å². The summed E-state index contributed by atoms with van der Waals surface area (Å²) in [6.07, 6.45) is 11.6. The van der Waals surface area contributed by atoms with E-state index in [4.69, 9.17) is 0 Å². The van der Waals surface area contributed by atoms with Crippen LogP contribution in [0.25, 0.3) is 0 Å². The summed E-state index contributed by atoms with van der Waals surface area (Å²) in [5, 5.41) is 0. The van der Waals surface area contributed by atoms with Crippen molar-refractivity contribution in [2.24, 2.45) is 0 Å². The lowest BCUT2D eigenvalue weighted by Gasteiger charge is -2.05. The number of hydrogen-bond acceptors (Lipinski definition) is 4. The van der Waals surface area contributed by atoms with E-state index in [1.807, 2.05) is 0 Å². The number of rotatable bonds is 0. The van der Waals surface area contributed by atoms with Crippen LogP contribution in [0.5, 0.6) is 0 Å². The average molecular weight is 353 g/mol. The standard InChI is InChI=1S/C16H32S4/c1-2-6-10-18-15-16-20-12-8-4-3-7-11-19-14-13-17-9-5-1/h1-16H2. The first-order valence-corrected chi connectivity index (χ1v) is 12.9. The molecular formula is C16H32S4. The molecule has 0 saturated carbocycles. The molecule has 0 aromatic rings. The highest BCUT2D eigenvalue weighted by Gasteiger charge is 1.97. The minimum atomic E-state index is 1.37. The van der Waals surface area contributed by atoms with Crippen LogP contribution in [0.2, 0.25) is 0 Å². The first-order valence-electron chi connectivity index (χ1n) is 8.31. The van der Waals surface area contributed by atoms with E-state index >= 15 is 0 Å². The molecule has 0 aromatic carbocycles. The molecule has 120 valence electrons. The summed E-state index contributed by atoms with van der Waals surface area (Å²) in [5.74, 6) is 11.1. The van der Waals surface area contributed by atoms with Crippen molar-refractivity contribution in [3.05, 3.63) is 0 Å². The van der Waals surface area contributed by atoms with Crippen LogP contribution in [0.3, 0.4) is 0 Å². The third kappa shape index (κ3) is 14.3. The second-order valence-electron chi connectivity index (χ2n) is 5.28. The Morgan fingerprint density at radius 2 is 0.500 bits per heavy atom. The maximum atomic E-state index is 2.17. The lowest BCUT2D eigenvalue weighted by molar-refractivity contribution is 0.710. The molecule has 1 heterocycles. The van der Waals surface area contributed by atoms with Crippen LogP contribution >= 0.6 is 47.0 Å². The van der Waals surface area contributed by atoms with Crippen LogP contribution in [0, 0.1) is 0 Å². The highest BCUT2D eigenvalue weighted by atomic mass is 32.2. The van der Waals surface area contributed by atoms with E-state index in [-0.39, 0.29) is 0 Å². The monoisotopic (exact) mass is 352 g/mol. The quantitative estimate of drug-likeness (QED) is 0.520. The van der Waals surface area contributed by atoms with Crippen LogP contribution < -0.4 is 0 Å². The maximum Gasteiger partial charge on any atom is 0.00235 e. The van der Waals surface area contributed by atoms with Gasteiger partial charge in [0.25, 0.3) is 0 Å². The third-order valence-electron chi connectivity index (χ3n) is 3.40. The Morgan fingerprint density at radius 3 is 0.750 bits per heavy atom. The van der Waals surface area contributed by atoms with E-state index in [9.17, 15) is 0 Å². The fourth-order valence-electron chi connectivity index (χ4n) is 2.17. The van der Waals surface area contributed by atoms with Gasteiger partial charge >= 0.3 is 0 Å². The first kappa shape index (κ1) is 19.4. The minimum Gasteiger partial charge on any atom is -0.161 e. The van der Waals surface area contributed by atoms with Crippen LogP contribution in [-0.2, 0) is 0 Å². The molecule has 0 radical (unpaired) electrons. The topological polar surface area (TPSA) is 0 Å². The molecule has 0 bridgehead atoms. The molecule has 0 N–H and O–H groups in total. The molecule has 0 atom stereocenters. The average Bonchev–Trinajstić information content (AvgIpc) is 2.46. The lowest BCUT2D eigenvalue weighted by Crippen LogP contribution is -1.92. The molecule has 1 rings (SSSR count). The Kier molecular flexibility index (Phi) is 16.3. The molecule has 0 spiro atoms. The molecule has 4 heteroatoms. The maximum absolute atomic E-state index is 2.17. The molecule has 0 nitrogen and oxygen atoms in total. The van der Waals surface area contributed by atoms with E-state index in [2.05, 4.69) is 47.0 Å². The first-order chi connectivity index (χ1) is 10.0. The zero-order chi connectivity index (χ0) is 14.1. The van der Waals surface area contributed by atoms with Gasteiger partial charge in [-0.3, -0.25) is 0 Å². The predicted molar refractivity (Wildman–Crippen MR) is 106 cm³/mol. The van der Waals surface area contributed by atoms with Gasteiger partial charge in [-0.05, 0) is 48.7 Å². The molecule has 0 amide bonds. The minimum absolute atomic E-state index is 1.37. The summed E-state index contributed by atoms with van der Waals surface area (Å²) in [6.45, 7) is 0. The van der Waals surface area contributed by atoms with Gasteiger partial charge in [-0.1, -0.05) is 25.7 Å².